The van der Waals surface area contributed by atoms with Gasteiger partial charge in [-0.1, -0.05) is 18.2 Å². The topological polar surface area (TPSA) is 50.1 Å². The predicted octanol–water partition coefficient (Wildman–Crippen LogP) is 3.52. The van der Waals surface area contributed by atoms with Crippen LogP contribution in [0.2, 0.25) is 0 Å². The highest BCUT2D eigenvalue weighted by molar-refractivity contribution is 14.1. The van der Waals surface area contributed by atoms with Gasteiger partial charge in [0.05, 0.1) is 17.2 Å². The number of benzene rings is 2. The second-order valence-corrected chi connectivity index (χ2v) is 5.14. The highest BCUT2D eigenvalue weighted by atomic mass is 127. The van der Waals surface area contributed by atoms with Crippen molar-refractivity contribution in [2.45, 2.75) is 6.61 Å². The molecule has 0 radical (unpaired) electrons. The zero-order valence-corrected chi connectivity index (χ0v) is 12.1. The van der Waals surface area contributed by atoms with E-state index in [-0.39, 0.29) is 12.6 Å². The van der Waals surface area contributed by atoms with Crippen LogP contribution in [-0.4, -0.2) is 5.97 Å². The van der Waals surface area contributed by atoms with Crippen LogP contribution in [0.4, 0.5) is 0 Å². The number of nitriles is 1. The molecule has 19 heavy (non-hydrogen) atoms. The maximum Gasteiger partial charge on any atom is 0.338 e. The van der Waals surface area contributed by atoms with Crippen molar-refractivity contribution in [1.82, 2.24) is 0 Å². The molecule has 94 valence electrons. The lowest BCUT2D eigenvalue weighted by Gasteiger charge is -2.05. The first-order valence-electron chi connectivity index (χ1n) is 5.61. The Balaban J connectivity index is 2.02. The van der Waals surface area contributed by atoms with Gasteiger partial charge in [-0.3, -0.25) is 0 Å². The molecule has 0 fully saturated rings. The lowest BCUT2D eigenvalue weighted by atomic mass is 10.1. The van der Waals surface area contributed by atoms with Crippen molar-refractivity contribution in [3.63, 3.8) is 0 Å². The molecule has 0 spiro atoms. The summed E-state index contributed by atoms with van der Waals surface area (Å²) >= 11 is 2.14. The summed E-state index contributed by atoms with van der Waals surface area (Å²) in [5.74, 6) is -0.360. The Hall–Kier alpha value is -1.87. The molecule has 0 saturated carbocycles. The third-order valence-corrected chi connectivity index (χ3v) is 3.16. The number of halogens is 1. The van der Waals surface area contributed by atoms with E-state index in [2.05, 4.69) is 28.7 Å². The zero-order valence-electron chi connectivity index (χ0n) is 9.97. The van der Waals surface area contributed by atoms with Gasteiger partial charge in [0.1, 0.15) is 6.61 Å². The molecule has 0 unspecified atom stereocenters. The van der Waals surface area contributed by atoms with E-state index in [1.165, 1.54) is 0 Å². The third-order valence-electron chi connectivity index (χ3n) is 2.49. The summed E-state index contributed by atoms with van der Waals surface area (Å²) in [5.41, 5.74) is 1.89. The molecule has 0 amide bonds. The number of hydrogen-bond donors (Lipinski definition) is 0. The van der Waals surface area contributed by atoms with Crippen LogP contribution in [-0.2, 0) is 11.3 Å². The van der Waals surface area contributed by atoms with Crippen molar-refractivity contribution in [1.29, 1.82) is 5.26 Å². The van der Waals surface area contributed by atoms with Gasteiger partial charge in [0.25, 0.3) is 0 Å². The summed E-state index contributed by atoms with van der Waals surface area (Å²) in [6.07, 6.45) is 0. The van der Waals surface area contributed by atoms with Crippen LogP contribution >= 0.6 is 22.6 Å². The largest absolute Gasteiger partial charge is 0.457 e. The summed E-state index contributed by atoms with van der Waals surface area (Å²) in [6, 6.07) is 16.3. The Kier molecular flexibility index (Phi) is 4.53. The van der Waals surface area contributed by atoms with Gasteiger partial charge in [0.2, 0.25) is 0 Å². The molecule has 0 saturated heterocycles. The molecule has 0 aromatic heterocycles. The van der Waals surface area contributed by atoms with Gasteiger partial charge in [-0.25, -0.2) is 4.79 Å². The van der Waals surface area contributed by atoms with Crippen molar-refractivity contribution in [2.24, 2.45) is 0 Å². The van der Waals surface area contributed by atoms with E-state index in [0.29, 0.717) is 11.1 Å². The number of carbonyl (C=O) groups excluding carboxylic acids is 1. The summed E-state index contributed by atoms with van der Waals surface area (Å²) in [6.45, 7) is 0.166. The normalized spacial score (nSPS) is 9.68. The number of ether oxygens (including phenoxy) is 1. The fourth-order valence-electron chi connectivity index (χ4n) is 1.58. The van der Waals surface area contributed by atoms with E-state index in [0.717, 1.165) is 9.13 Å². The van der Waals surface area contributed by atoms with Crippen LogP contribution in [0.25, 0.3) is 0 Å². The second kappa shape index (κ2) is 6.34. The van der Waals surface area contributed by atoms with E-state index in [1.54, 1.807) is 30.3 Å². The van der Waals surface area contributed by atoms with E-state index in [1.807, 2.05) is 18.2 Å². The Labute approximate surface area is 125 Å². The molecule has 0 aliphatic heterocycles. The highest BCUT2D eigenvalue weighted by Crippen LogP contribution is 2.11. The fraction of sp³-hybridized carbons (Fsp3) is 0.0667. The van der Waals surface area contributed by atoms with Crippen molar-refractivity contribution in [2.75, 3.05) is 0 Å². The molecule has 2 aromatic carbocycles. The molecular formula is C15H10INO2. The maximum absolute atomic E-state index is 11.8. The van der Waals surface area contributed by atoms with Crippen LogP contribution in [0.3, 0.4) is 0 Å². The highest BCUT2D eigenvalue weighted by Gasteiger charge is 2.07. The van der Waals surface area contributed by atoms with Crippen molar-refractivity contribution < 1.29 is 9.53 Å². The number of nitrogens with zero attached hydrogens (tertiary/aromatic N) is 1. The molecule has 0 bridgehead atoms. The predicted molar refractivity (Wildman–Crippen MR) is 79.4 cm³/mol. The molecule has 0 aliphatic rings. The molecule has 4 heteroatoms. The minimum absolute atomic E-state index is 0.166. The monoisotopic (exact) mass is 363 g/mol. The first kappa shape index (κ1) is 13.6. The van der Waals surface area contributed by atoms with Crippen molar-refractivity contribution in [3.05, 3.63) is 68.8 Å². The lowest BCUT2D eigenvalue weighted by molar-refractivity contribution is 0.0472. The Morgan fingerprint density at radius 3 is 2.74 bits per heavy atom. The number of hydrogen-bond acceptors (Lipinski definition) is 3. The van der Waals surface area contributed by atoms with E-state index in [4.69, 9.17) is 10.00 Å². The Morgan fingerprint density at radius 2 is 2.00 bits per heavy atom. The van der Waals surface area contributed by atoms with Crippen molar-refractivity contribution >= 4 is 28.6 Å². The maximum atomic E-state index is 11.8. The fourth-order valence-corrected chi connectivity index (χ4v) is 2.12. The van der Waals surface area contributed by atoms with Gasteiger partial charge in [0.15, 0.2) is 0 Å². The van der Waals surface area contributed by atoms with Crippen LogP contribution in [0.1, 0.15) is 21.5 Å². The van der Waals surface area contributed by atoms with Gasteiger partial charge in [0, 0.05) is 3.57 Å². The smallest absolute Gasteiger partial charge is 0.338 e. The van der Waals surface area contributed by atoms with E-state index < -0.39 is 0 Å². The standard InChI is InChI=1S/C15H10INO2/c16-14-6-2-5-13(8-14)15(18)19-10-12-4-1-3-11(7-12)9-17/h1-8H,10H2. The van der Waals surface area contributed by atoms with Gasteiger partial charge in [-0.05, 0) is 58.5 Å². The van der Waals surface area contributed by atoms with E-state index >= 15 is 0 Å². The number of carbonyl (C=O) groups is 1. The van der Waals surface area contributed by atoms with Gasteiger partial charge in [-0.2, -0.15) is 5.26 Å². The zero-order chi connectivity index (χ0) is 13.7. The molecule has 0 atom stereocenters. The van der Waals surface area contributed by atoms with Crippen molar-refractivity contribution in [3.8, 4) is 6.07 Å². The van der Waals surface area contributed by atoms with Crippen LogP contribution < -0.4 is 0 Å². The molecule has 0 heterocycles. The van der Waals surface area contributed by atoms with Crippen LogP contribution in [0.15, 0.2) is 48.5 Å². The SMILES string of the molecule is N#Cc1cccc(COC(=O)c2cccc(I)c2)c1. The molecule has 2 aromatic rings. The van der Waals surface area contributed by atoms with Gasteiger partial charge >= 0.3 is 5.97 Å². The summed E-state index contributed by atoms with van der Waals surface area (Å²) in [4.78, 5) is 11.8. The first-order chi connectivity index (χ1) is 9.19. The molecule has 0 aliphatic carbocycles. The molecular weight excluding hydrogens is 353 g/mol. The average Bonchev–Trinajstić information content (AvgIpc) is 2.45. The van der Waals surface area contributed by atoms with Gasteiger partial charge < -0.3 is 4.74 Å². The lowest BCUT2D eigenvalue weighted by Crippen LogP contribution is -2.05. The quantitative estimate of drug-likeness (QED) is 0.619. The van der Waals surface area contributed by atoms with Crippen LogP contribution in [0, 0.1) is 14.9 Å². The molecule has 2 rings (SSSR count). The minimum Gasteiger partial charge on any atom is -0.457 e. The number of esters is 1. The molecule has 0 N–H and O–H groups in total. The Morgan fingerprint density at radius 1 is 1.21 bits per heavy atom. The summed E-state index contributed by atoms with van der Waals surface area (Å²) in [5, 5.41) is 8.79. The third kappa shape index (κ3) is 3.80. The minimum atomic E-state index is -0.360. The molecule has 3 nitrogen and oxygen atoms in total. The second-order valence-electron chi connectivity index (χ2n) is 3.90. The van der Waals surface area contributed by atoms with Gasteiger partial charge in [-0.15, -0.1) is 0 Å². The first-order valence-corrected chi connectivity index (χ1v) is 6.68. The van der Waals surface area contributed by atoms with Crippen LogP contribution in [0.5, 0.6) is 0 Å². The average molecular weight is 363 g/mol. The number of rotatable bonds is 3. The Bertz CT molecular complexity index is 647. The van der Waals surface area contributed by atoms with E-state index in [9.17, 15) is 4.79 Å². The summed E-state index contributed by atoms with van der Waals surface area (Å²) in [7, 11) is 0. The summed E-state index contributed by atoms with van der Waals surface area (Å²) < 4.78 is 6.20.